The van der Waals surface area contributed by atoms with E-state index < -0.39 is 5.97 Å². The smallest absolute Gasteiger partial charge is 0.329 e. The van der Waals surface area contributed by atoms with Gasteiger partial charge in [-0.1, -0.05) is 50.1 Å². The number of benzene rings is 2. The van der Waals surface area contributed by atoms with E-state index in [1.54, 1.807) is 9.13 Å². The molecule has 1 N–H and O–H groups in total. The third kappa shape index (κ3) is 3.60. The summed E-state index contributed by atoms with van der Waals surface area (Å²) in [5, 5.41) is 10.2. The number of carbonyl (C=O) groups is 1. The minimum absolute atomic E-state index is 0.0735. The molecule has 1 aromatic heterocycles. The summed E-state index contributed by atoms with van der Waals surface area (Å²) < 4.78 is 3.45. The van der Waals surface area contributed by atoms with Gasteiger partial charge in [-0.3, -0.25) is 13.9 Å². The fraction of sp³-hybridized carbons (Fsp3) is 0.440. The Morgan fingerprint density at radius 3 is 2.50 bits per heavy atom. The molecule has 0 saturated carbocycles. The number of nitrogens with zero attached hydrogens (tertiary/aromatic N) is 3. The number of rotatable bonds is 7. The van der Waals surface area contributed by atoms with Crippen LogP contribution in [0.1, 0.15) is 63.1 Å². The van der Waals surface area contributed by atoms with Crippen LogP contribution >= 0.6 is 11.6 Å². The van der Waals surface area contributed by atoms with Crippen molar-refractivity contribution in [2.45, 2.75) is 64.6 Å². The Morgan fingerprint density at radius 2 is 1.84 bits per heavy atom. The number of aromatic nitrogens is 2. The van der Waals surface area contributed by atoms with E-state index >= 15 is 0 Å². The van der Waals surface area contributed by atoms with Crippen molar-refractivity contribution < 1.29 is 9.90 Å². The zero-order valence-corrected chi connectivity index (χ0v) is 19.8. The number of halogens is 1. The molecule has 170 valence electrons. The van der Waals surface area contributed by atoms with Crippen LogP contribution in [0.3, 0.4) is 0 Å². The number of imidazole rings is 1. The molecule has 0 saturated heterocycles. The van der Waals surface area contributed by atoms with Crippen molar-refractivity contribution in [3.8, 4) is 0 Å². The van der Waals surface area contributed by atoms with Gasteiger partial charge in [-0.15, -0.1) is 0 Å². The molecular weight excluding hydrogens is 426 g/mol. The first kappa shape index (κ1) is 22.5. The molecule has 0 radical (unpaired) electrons. The summed E-state index contributed by atoms with van der Waals surface area (Å²) in [5.41, 5.74) is 4.68. The molecule has 0 spiro atoms. The average Bonchev–Trinajstić information content (AvgIpc) is 3.16. The summed E-state index contributed by atoms with van der Waals surface area (Å²) in [4.78, 5) is 27.4. The minimum Gasteiger partial charge on any atom is -0.481 e. The van der Waals surface area contributed by atoms with Gasteiger partial charge in [0.25, 0.3) is 0 Å². The zero-order valence-electron chi connectivity index (χ0n) is 19.0. The number of para-hydroxylation sites is 2. The van der Waals surface area contributed by atoms with Crippen LogP contribution in [-0.2, 0) is 11.3 Å². The molecule has 1 aliphatic rings. The normalized spacial score (nSPS) is 18.8. The van der Waals surface area contributed by atoms with E-state index in [1.807, 2.05) is 43.3 Å². The molecule has 0 fully saturated rings. The highest BCUT2D eigenvalue weighted by Crippen LogP contribution is 2.45. The van der Waals surface area contributed by atoms with Crippen LogP contribution in [0.4, 0.5) is 5.69 Å². The van der Waals surface area contributed by atoms with E-state index in [1.165, 1.54) is 0 Å². The molecule has 3 aromatic rings. The van der Waals surface area contributed by atoms with Gasteiger partial charge in [0.15, 0.2) is 0 Å². The molecule has 6 nitrogen and oxygen atoms in total. The SMILES string of the molecule is CCCC(CC(=O)O)n1c(=O)n(Cc2ccc(Cl)c3c2N(C)C(C)C3C)c2ccccc21. The van der Waals surface area contributed by atoms with Crippen molar-refractivity contribution in [2.24, 2.45) is 0 Å². The van der Waals surface area contributed by atoms with Crippen molar-refractivity contribution in [3.63, 3.8) is 0 Å². The fourth-order valence-electron chi connectivity index (χ4n) is 5.15. The number of carboxylic acids is 1. The van der Waals surface area contributed by atoms with Gasteiger partial charge in [0.05, 0.1) is 24.0 Å². The number of anilines is 1. The lowest BCUT2D eigenvalue weighted by molar-refractivity contribution is -0.137. The summed E-state index contributed by atoms with van der Waals surface area (Å²) in [6.45, 7) is 6.78. The predicted molar refractivity (Wildman–Crippen MR) is 129 cm³/mol. The van der Waals surface area contributed by atoms with Crippen molar-refractivity contribution in [1.82, 2.24) is 9.13 Å². The molecular formula is C25H30ClN3O3. The Hall–Kier alpha value is -2.73. The molecule has 0 bridgehead atoms. The highest BCUT2D eigenvalue weighted by atomic mass is 35.5. The summed E-state index contributed by atoms with van der Waals surface area (Å²) in [5.74, 6) is -0.600. The standard InChI is InChI=1S/C25H30ClN3O3/c1-5-8-18(13-22(30)31)29-21-10-7-6-9-20(21)28(25(29)32)14-17-11-12-19(26)23-15(2)16(3)27(4)24(17)23/h6-7,9-12,15-16,18H,5,8,13-14H2,1-4H3,(H,30,31). The van der Waals surface area contributed by atoms with Crippen molar-refractivity contribution in [2.75, 3.05) is 11.9 Å². The maximum atomic E-state index is 13.7. The number of fused-ring (bicyclic) bond motifs is 2. The van der Waals surface area contributed by atoms with Crippen molar-refractivity contribution in [1.29, 1.82) is 0 Å². The molecule has 7 heteroatoms. The molecule has 3 atom stereocenters. The van der Waals surface area contributed by atoms with Gasteiger partial charge < -0.3 is 10.0 Å². The van der Waals surface area contributed by atoms with Gasteiger partial charge in [0.2, 0.25) is 0 Å². The number of carboxylic acid groups (broad SMARTS) is 1. The molecule has 2 heterocycles. The van der Waals surface area contributed by atoms with E-state index in [0.717, 1.165) is 39.3 Å². The number of aliphatic carboxylic acids is 1. The Bertz CT molecular complexity index is 1230. The molecule has 4 rings (SSSR count). The highest BCUT2D eigenvalue weighted by molar-refractivity contribution is 6.32. The van der Waals surface area contributed by atoms with Crippen molar-refractivity contribution in [3.05, 3.63) is 63.0 Å². The monoisotopic (exact) mass is 455 g/mol. The molecule has 2 aromatic carbocycles. The molecule has 32 heavy (non-hydrogen) atoms. The molecule has 0 amide bonds. The number of hydrogen-bond acceptors (Lipinski definition) is 3. The average molecular weight is 456 g/mol. The van der Waals surface area contributed by atoms with Crippen LogP contribution < -0.4 is 10.6 Å². The number of hydrogen-bond donors (Lipinski definition) is 1. The molecule has 0 aliphatic carbocycles. The highest BCUT2D eigenvalue weighted by Gasteiger charge is 2.34. The lowest BCUT2D eigenvalue weighted by Crippen LogP contribution is -2.30. The topological polar surface area (TPSA) is 67.5 Å². The van der Waals surface area contributed by atoms with Crippen molar-refractivity contribution >= 4 is 34.3 Å². The van der Waals surface area contributed by atoms with Crippen LogP contribution in [0, 0.1) is 0 Å². The van der Waals surface area contributed by atoms with E-state index in [4.69, 9.17) is 11.6 Å². The Labute approximate surface area is 193 Å². The predicted octanol–water partition coefficient (Wildman–Crippen LogP) is 5.26. The first-order valence-corrected chi connectivity index (χ1v) is 11.6. The zero-order chi connectivity index (χ0) is 23.2. The van der Waals surface area contributed by atoms with Gasteiger partial charge in [-0.05, 0) is 42.7 Å². The summed E-state index contributed by atoms with van der Waals surface area (Å²) in [6.07, 6.45) is 1.36. The van der Waals surface area contributed by atoms with Crippen LogP contribution in [-0.4, -0.2) is 33.3 Å². The van der Waals surface area contributed by atoms with Gasteiger partial charge in [0.1, 0.15) is 0 Å². The van der Waals surface area contributed by atoms with E-state index in [0.29, 0.717) is 24.9 Å². The fourth-order valence-corrected chi connectivity index (χ4v) is 5.48. The Balaban J connectivity index is 1.88. The van der Waals surface area contributed by atoms with Gasteiger partial charge in [-0.2, -0.15) is 0 Å². The molecule has 3 unspecified atom stereocenters. The third-order valence-corrected chi connectivity index (χ3v) is 7.31. The Morgan fingerprint density at radius 1 is 1.16 bits per heavy atom. The quantitative estimate of drug-likeness (QED) is 0.527. The van der Waals surface area contributed by atoms with E-state index in [-0.39, 0.29) is 18.2 Å². The van der Waals surface area contributed by atoms with E-state index in [2.05, 4.69) is 25.8 Å². The van der Waals surface area contributed by atoms with Gasteiger partial charge >= 0.3 is 11.7 Å². The maximum Gasteiger partial charge on any atom is 0.329 e. The first-order chi connectivity index (χ1) is 15.3. The largest absolute Gasteiger partial charge is 0.481 e. The van der Waals surface area contributed by atoms with Crippen LogP contribution in [0.25, 0.3) is 11.0 Å². The second-order valence-electron chi connectivity index (χ2n) is 8.88. The summed E-state index contributed by atoms with van der Waals surface area (Å²) in [6, 6.07) is 11.5. The van der Waals surface area contributed by atoms with Gasteiger partial charge in [0, 0.05) is 35.8 Å². The van der Waals surface area contributed by atoms with Crippen LogP contribution in [0.2, 0.25) is 5.02 Å². The maximum absolute atomic E-state index is 13.7. The van der Waals surface area contributed by atoms with E-state index in [9.17, 15) is 14.7 Å². The number of likely N-dealkylation sites (N-methyl/N-ethyl adjacent to an activating group) is 1. The summed E-state index contributed by atoms with van der Waals surface area (Å²) in [7, 11) is 2.07. The van der Waals surface area contributed by atoms with Crippen LogP contribution in [0.15, 0.2) is 41.2 Å². The van der Waals surface area contributed by atoms with Gasteiger partial charge in [-0.25, -0.2) is 4.79 Å². The van der Waals surface area contributed by atoms with Crippen LogP contribution in [0.5, 0.6) is 0 Å². The first-order valence-electron chi connectivity index (χ1n) is 11.2. The second-order valence-corrected chi connectivity index (χ2v) is 9.28. The third-order valence-electron chi connectivity index (χ3n) is 6.98. The molecule has 1 aliphatic heterocycles. The minimum atomic E-state index is -0.896. The lowest BCUT2D eigenvalue weighted by atomic mass is 9.96. The lowest BCUT2D eigenvalue weighted by Gasteiger charge is -2.22. The summed E-state index contributed by atoms with van der Waals surface area (Å²) >= 11 is 6.57. The second kappa shape index (κ2) is 8.66. The Kier molecular flexibility index (Phi) is 6.08.